The van der Waals surface area contributed by atoms with Gasteiger partial charge in [-0.25, -0.2) is 4.98 Å². The summed E-state index contributed by atoms with van der Waals surface area (Å²) < 4.78 is 6.67. The molecule has 1 rings (SSSR count). The summed E-state index contributed by atoms with van der Waals surface area (Å²) in [5.41, 5.74) is 0. The molecule has 0 saturated carbocycles. The Hall–Kier alpha value is -0.430. The number of aromatic nitrogens is 2. The van der Waals surface area contributed by atoms with Crippen LogP contribution in [-0.4, -0.2) is 40.6 Å². The van der Waals surface area contributed by atoms with Crippen molar-refractivity contribution >= 4 is 40.9 Å². The first-order chi connectivity index (χ1) is 8.61. The van der Waals surface area contributed by atoms with E-state index < -0.39 is 0 Å². The van der Waals surface area contributed by atoms with Gasteiger partial charge in [0.1, 0.15) is 11.9 Å². The van der Waals surface area contributed by atoms with Crippen molar-refractivity contribution in [2.24, 2.45) is 0 Å². The van der Waals surface area contributed by atoms with Gasteiger partial charge in [-0.05, 0) is 13.2 Å². The third-order valence-electron chi connectivity index (χ3n) is 2.09. The molecular formula is C10H15Cl2N3O2S. The molecule has 0 bridgehead atoms. The van der Waals surface area contributed by atoms with Gasteiger partial charge in [-0.3, -0.25) is 9.36 Å². The molecule has 5 nitrogen and oxygen atoms in total. The Balaban J connectivity index is 2.79. The van der Waals surface area contributed by atoms with E-state index in [-0.39, 0.29) is 28.8 Å². The number of hydrogen-bond donors (Lipinski definition) is 1. The van der Waals surface area contributed by atoms with Crippen molar-refractivity contribution in [1.29, 1.82) is 0 Å². The van der Waals surface area contributed by atoms with Crippen molar-refractivity contribution in [2.45, 2.75) is 13.7 Å². The molecule has 0 unspecified atom stereocenters. The second kappa shape index (κ2) is 7.89. The maximum Gasteiger partial charge on any atom is 0.287 e. The van der Waals surface area contributed by atoms with Crippen LogP contribution in [0.4, 0.5) is 0 Å². The number of amides is 1. The van der Waals surface area contributed by atoms with Gasteiger partial charge in [0.25, 0.3) is 5.91 Å². The van der Waals surface area contributed by atoms with Gasteiger partial charge in [0.15, 0.2) is 5.15 Å². The minimum atomic E-state index is -0.308. The van der Waals surface area contributed by atoms with Crippen LogP contribution in [0.25, 0.3) is 0 Å². The molecule has 0 saturated heterocycles. The number of nitrogens with zero attached hydrogens (tertiary/aromatic N) is 2. The fraction of sp³-hybridized carbons (Fsp3) is 0.600. The molecule has 0 aliphatic heterocycles. The van der Waals surface area contributed by atoms with Crippen LogP contribution in [0.1, 0.15) is 17.5 Å². The molecule has 1 aromatic rings. The number of imidazole rings is 1. The molecule has 1 N–H and O–H groups in total. The van der Waals surface area contributed by atoms with Gasteiger partial charge in [-0.1, -0.05) is 23.2 Å². The maximum atomic E-state index is 11.9. The lowest BCUT2D eigenvalue weighted by Gasteiger charge is -2.08. The smallest absolute Gasteiger partial charge is 0.287 e. The zero-order chi connectivity index (χ0) is 13.5. The Bertz CT molecular complexity index is 412. The van der Waals surface area contributed by atoms with Crippen LogP contribution in [0, 0.1) is 0 Å². The summed E-state index contributed by atoms with van der Waals surface area (Å²) in [6, 6.07) is 0. The second-order valence-electron chi connectivity index (χ2n) is 3.32. The number of nitrogens with one attached hydrogen (secondary N) is 1. The van der Waals surface area contributed by atoms with Crippen LogP contribution < -0.4 is 5.32 Å². The highest BCUT2D eigenvalue weighted by Crippen LogP contribution is 2.22. The Morgan fingerprint density at radius 3 is 2.89 bits per heavy atom. The number of ether oxygens (including phenoxy) is 1. The molecule has 0 fully saturated rings. The molecule has 8 heteroatoms. The van der Waals surface area contributed by atoms with Crippen LogP contribution in [0.5, 0.6) is 0 Å². The molecule has 0 aliphatic carbocycles. The maximum absolute atomic E-state index is 11.9. The lowest BCUT2D eigenvalue weighted by atomic mass is 10.5. The zero-order valence-corrected chi connectivity index (χ0v) is 12.5. The van der Waals surface area contributed by atoms with Crippen LogP contribution in [-0.2, 0) is 11.5 Å². The predicted molar refractivity (Wildman–Crippen MR) is 74.6 cm³/mol. The number of halogens is 2. The van der Waals surface area contributed by atoms with Gasteiger partial charge in [0.05, 0.1) is 0 Å². The lowest BCUT2D eigenvalue weighted by molar-refractivity contribution is 0.0790. The summed E-state index contributed by atoms with van der Waals surface area (Å²) >= 11 is 13.4. The first kappa shape index (κ1) is 15.6. The van der Waals surface area contributed by atoms with E-state index in [1.807, 2.05) is 13.2 Å². The third kappa shape index (κ3) is 4.05. The molecular weight excluding hydrogens is 297 g/mol. The number of carbonyl (C=O) groups excluding carboxylic acids is 1. The van der Waals surface area contributed by atoms with Crippen molar-refractivity contribution in [2.75, 3.05) is 25.2 Å². The van der Waals surface area contributed by atoms with Crippen molar-refractivity contribution < 1.29 is 9.53 Å². The largest absolute Gasteiger partial charge is 0.361 e. The molecule has 0 radical (unpaired) electrons. The topological polar surface area (TPSA) is 56.1 Å². The summed E-state index contributed by atoms with van der Waals surface area (Å²) in [6.45, 7) is 3.08. The molecule has 0 aromatic carbocycles. The van der Waals surface area contributed by atoms with Crippen molar-refractivity contribution in [3.8, 4) is 0 Å². The normalized spacial score (nSPS) is 10.7. The molecule has 1 aromatic heterocycles. The average Bonchev–Trinajstić information content (AvgIpc) is 2.64. The highest BCUT2D eigenvalue weighted by Gasteiger charge is 2.19. The predicted octanol–water partition coefficient (Wildman–Crippen LogP) is 2.28. The van der Waals surface area contributed by atoms with Crippen LogP contribution in [0.2, 0.25) is 10.3 Å². The van der Waals surface area contributed by atoms with Gasteiger partial charge >= 0.3 is 0 Å². The summed E-state index contributed by atoms with van der Waals surface area (Å²) in [4.78, 5) is 15.8. The van der Waals surface area contributed by atoms with Gasteiger partial charge < -0.3 is 10.1 Å². The monoisotopic (exact) mass is 311 g/mol. The number of rotatable bonds is 7. The van der Waals surface area contributed by atoms with E-state index in [2.05, 4.69) is 10.3 Å². The fourth-order valence-electron chi connectivity index (χ4n) is 1.22. The number of carbonyl (C=O) groups is 1. The molecule has 0 atom stereocenters. The van der Waals surface area contributed by atoms with E-state index in [0.29, 0.717) is 13.2 Å². The summed E-state index contributed by atoms with van der Waals surface area (Å²) in [7, 11) is 0. The first-order valence-corrected chi connectivity index (χ1v) is 7.53. The van der Waals surface area contributed by atoms with Crippen LogP contribution in [0.3, 0.4) is 0 Å². The molecule has 0 spiro atoms. The highest BCUT2D eigenvalue weighted by molar-refractivity contribution is 7.98. The number of hydrogen-bond acceptors (Lipinski definition) is 4. The first-order valence-electron chi connectivity index (χ1n) is 5.38. The van der Waals surface area contributed by atoms with Crippen LogP contribution in [0.15, 0.2) is 0 Å². The minimum absolute atomic E-state index is 0.103. The van der Waals surface area contributed by atoms with Crippen molar-refractivity contribution in [1.82, 2.24) is 14.9 Å². The Labute approximate surface area is 120 Å². The van der Waals surface area contributed by atoms with Gasteiger partial charge in [0, 0.05) is 18.9 Å². The van der Waals surface area contributed by atoms with E-state index in [0.717, 1.165) is 5.75 Å². The standard InChI is InChI=1S/C10H15Cl2N3O2S/c1-3-17-6-15-8(12)7(11)14-9(15)10(16)13-4-5-18-2/h3-6H2,1-2H3,(H,13,16). The zero-order valence-electron chi connectivity index (χ0n) is 10.2. The van der Waals surface area contributed by atoms with Crippen molar-refractivity contribution in [3.05, 3.63) is 16.1 Å². The van der Waals surface area contributed by atoms with Gasteiger partial charge in [-0.2, -0.15) is 11.8 Å². The fourth-order valence-corrected chi connectivity index (χ4v) is 1.88. The van der Waals surface area contributed by atoms with E-state index >= 15 is 0 Å². The Morgan fingerprint density at radius 2 is 2.28 bits per heavy atom. The third-order valence-corrected chi connectivity index (χ3v) is 3.44. The van der Waals surface area contributed by atoms with E-state index in [4.69, 9.17) is 27.9 Å². The Kier molecular flexibility index (Phi) is 6.85. The average molecular weight is 312 g/mol. The molecule has 102 valence electrons. The van der Waals surface area contributed by atoms with E-state index in [1.165, 1.54) is 4.57 Å². The number of thioether (sulfide) groups is 1. The molecule has 1 heterocycles. The summed E-state index contributed by atoms with van der Waals surface area (Å²) in [5, 5.41) is 3.05. The molecule has 1 amide bonds. The SMILES string of the molecule is CCOCn1c(C(=O)NCCSC)nc(Cl)c1Cl. The van der Waals surface area contributed by atoms with Crippen LogP contribution >= 0.6 is 35.0 Å². The minimum Gasteiger partial charge on any atom is -0.361 e. The molecule has 18 heavy (non-hydrogen) atoms. The van der Waals surface area contributed by atoms with Gasteiger partial charge in [0.2, 0.25) is 5.82 Å². The molecule has 0 aliphatic rings. The van der Waals surface area contributed by atoms with E-state index in [1.54, 1.807) is 11.8 Å². The van der Waals surface area contributed by atoms with Gasteiger partial charge in [-0.15, -0.1) is 0 Å². The summed E-state index contributed by atoms with van der Waals surface area (Å²) in [5.74, 6) is 0.691. The quantitative estimate of drug-likeness (QED) is 0.785. The second-order valence-corrected chi connectivity index (χ2v) is 5.02. The van der Waals surface area contributed by atoms with E-state index in [9.17, 15) is 4.79 Å². The lowest BCUT2D eigenvalue weighted by Crippen LogP contribution is -2.29. The highest BCUT2D eigenvalue weighted by atomic mass is 35.5. The van der Waals surface area contributed by atoms with Crippen molar-refractivity contribution in [3.63, 3.8) is 0 Å². The summed E-state index contributed by atoms with van der Waals surface area (Å²) in [6.07, 6.45) is 1.97. The Morgan fingerprint density at radius 1 is 1.56 bits per heavy atom.